The third-order valence-corrected chi connectivity index (χ3v) is 5.02. The van der Waals surface area contributed by atoms with Gasteiger partial charge in [0.05, 0.1) is 11.7 Å². The molecule has 17 heavy (non-hydrogen) atoms. The normalized spacial score (nSPS) is 29.6. The summed E-state index contributed by atoms with van der Waals surface area (Å²) in [5.41, 5.74) is 0.204. The van der Waals surface area contributed by atoms with Gasteiger partial charge >= 0.3 is 0 Å². The second kappa shape index (κ2) is 4.89. The molecule has 0 spiro atoms. The molecule has 0 aromatic carbocycles. The van der Waals surface area contributed by atoms with Crippen molar-refractivity contribution in [1.82, 2.24) is 0 Å². The number of hydrogen-bond acceptors (Lipinski definition) is 2. The molecule has 0 radical (unpaired) electrons. The van der Waals surface area contributed by atoms with Gasteiger partial charge in [-0.25, -0.2) is 0 Å². The molecule has 0 saturated heterocycles. The number of aliphatic hydroxyl groups is 1. The highest BCUT2D eigenvalue weighted by molar-refractivity contribution is 4.99. The standard InChI is InChI=1S/C15H28O2/c1-4-17-15(13(16)12-6-5-7-12)10-8-14(2,3)9-11-15/h12-13,16H,4-11H2,1-3H3. The zero-order valence-corrected chi connectivity index (χ0v) is 11.7. The van der Waals surface area contributed by atoms with Crippen molar-refractivity contribution in [1.29, 1.82) is 0 Å². The highest BCUT2D eigenvalue weighted by atomic mass is 16.5. The van der Waals surface area contributed by atoms with E-state index in [4.69, 9.17) is 4.74 Å². The topological polar surface area (TPSA) is 29.5 Å². The quantitative estimate of drug-likeness (QED) is 0.814. The molecule has 0 amide bonds. The Kier molecular flexibility index (Phi) is 3.84. The van der Waals surface area contributed by atoms with Crippen molar-refractivity contribution in [2.45, 2.75) is 77.4 Å². The molecule has 2 heteroatoms. The van der Waals surface area contributed by atoms with E-state index in [1.54, 1.807) is 0 Å². The first-order chi connectivity index (χ1) is 7.99. The molecule has 2 fully saturated rings. The van der Waals surface area contributed by atoms with Crippen molar-refractivity contribution in [3.8, 4) is 0 Å². The molecule has 1 atom stereocenters. The highest BCUT2D eigenvalue weighted by Gasteiger charge is 2.47. The fraction of sp³-hybridized carbons (Fsp3) is 1.00. The molecule has 0 aromatic heterocycles. The van der Waals surface area contributed by atoms with Crippen LogP contribution >= 0.6 is 0 Å². The van der Waals surface area contributed by atoms with Gasteiger partial charge in [0.1, 0.15) is 0 Å². The third-order valence-electron chi connectivity index (χ3n) is 5.02. The van der Waals surface area contributed by atoms with E-state index in [0.29, 0.717) is 11.3 Å². The van der Waals surface area contributed by atoms with Crippen LogP contribution in [0.2, 0.25) is 0 Å². The smallest absolute Gasteiger partial charge is 0.0943 e. The van der Waals surface area contributed by atoms with E-state index in [1.165, 1.54) is 32.1 Å². The molecule has 100 valence electrons. The van der Waals surface area contributed by atoms with Crippen molar-refractivity contribution in [2.24, 2.45) is 11.3 Å². The first kappa shape index (κ1) is 13.4. The van der Waals surface area contributed by atoms with Crippen LogP contribution in [0.5, 0.6) is 0 Å². The second-order valence-electron chi connectivity index (χ2n) is 6.80. The number of rotatable bonds is 4. The van der Waals surface area contributed by atoms with Crippen LogP contribution < -0.4 is 0 Å². The van der Waals surface area contributed by atoms with Gasteiger partial charge in [0.15, 0.2) is 0 Å². The Morgan fingerprint density at radius 1 is 1.18 bits per heavy atom. The molecule has 1 N–H and O–H groups in total. The summed E-state index contributed by atoms with van der Waals surface area (Å²) in [6, 6.07) is 0. The van der Waals surface area contributed by atoms with Crippen molar-refractivity contribution >= 4 is 0 Å². The van der Waals surface area contributed by atoms with Crippen molar-refractivity contribution < 1.29 is 9.84 Å². The van der Waals surface area contributed by atoms with Crippen LogP contribution in [0, 0.1) is 11.3 Å². The monoisotopic (exact) mass is 240 g/mol. The summed E-state index contributed by atoms with van der Waals surface area (Å²) < 4.78 is 6.03. The lowest BCUT2D eigenvalue weighted by atomic mass is 9.64. The van der Waals surface area contributed by atoms with E-state index in [9.17, 15) is 5.11 Å². The minimum absolute atomic E-state index is 0.227. The predicted octanol–water partition coefficient (Wildman–Crippen LogP) is 3.52. The molecule has 2 aliphatic carbocycles. The summed E-state index contributed by atoms with van der Waals surface area (Å²) in [4.78, 5) is 0. The van der Waals surface area contributed by atoms with Crippen LogP contribution in [-0.4, -0.2) is 23.4 Å². The highest BCUT2D eigenvalue weighted by Crippen LogP contribution is 2.47. The molecular weight excluding hydrogens is 212 g/mol. The third kappa shape index (κ3) is 2.68. The maximum atomic E-state index is 10.6. The maximum absolute atomic E-state index is 10.6. The summed E-state index contributed by atoms with van der Waals surface area (Å²) in [6.07, 6.45) is 7.87. The Morgan fingerprint density at radius 2 is 1.76 bits per heavy atom. The zero-order chi connectivity index (χ0) is 12.5. The average Bonchev–Trinajstić information content (AvgIpc) is 2.19. The Hall–Kier alpha value is -0.0800. The zero-order valence-electron chi connectivity index (χ0n) is 11.7. The van der Waals surface area contributed by atoms with E-state index in [0.717, 1.165) is 19.4 Å². The van der Waals surface area contributed by atoms with Gasteiger partial charge in [0, 0.05) is 6.61 Å². The minimum Gasteiger partial charge on any atom is -0.390 e. The lowest BCUT2D eigenvalue weighted by molar-refractivity contribution is -0.175. The summed E-state index contributed by atoms with van der Waals surface area (Å²) in [5.74, 6) is 0.503. The molecule has 0 heterocycles. The van der Waals surface area contributed by atoms with Crippen LogP contribution in [0.1, 0.15) is 65.7 Å². The molecule has 0 bridgehead atoms. The van der Waals surface area contributed by atoms with Crippen molar-refractivity contribution in [2.75, 3.05) is 6.61 Å². The van der Waals surface area contributed by atoms with Gasteiger partial charge in [0.25, 0.3) is 0 Å². The molecule has 1 unspecified atom stereocenters. The van der Waals surface area contributed by atoms with E-state index >= 15 is 0 Å². The number of ether oxygens (including phenoxy) is 1. The van der Waals surface area contributed by atoms with Gasteiger partial charge in [-0.3, -0.25) is 0 Å². The van der Waals surface area contributed by atoms with Gasteiger partial charge in [-0.2, -0.15) is 0 Å². The Labute approximate surface area is 106 Å². The largest absolute Gasteiger partial charge is 0.390 e. The first-order valence-corrected chi connectivity index (χ1v) is 7.31. The molecule has 0 aromatic rings. The molecule has 2 nitrogen and oxygen atoms in total. The summed E-state index contributed by atoms with van der Waals surface area (Å²) in [7, 11) is 0. The average molecular weight is 240 g/mol. The Balaban J connectivity index is 2.04. The van der Waals surface area contributed by atoms with Crippen LogP contribution in [0.25, 0.3) is 0 Å². The lowest BCUT2D eigenvalue weighted by Crippen LogP contribution is -2.53. The second-order valence-corrected chi connectivity index (χ2v) is 6.80. The van der Waals surface area contributed by atoms with Gasteiger partial charge in [-0.1, -0.05) is 20.3 Å². The Bertz CT molecular complexity index is 246. The summed E-state index contributed by atoms with van der Waals surface area (Å²) in [5, 5.41) is 10.6. The SMILES string of the molecule is CCOC1(C(O)C2CCC2)CCC(C)(C)CC1. The van der Waals surface area contributed by atoms with Gasteiger partial charge in [-0.15, -0.1) is 0 Å². The Morgan fingerprint density at radius 3 is 2.18 bits per heavy atom. The fourth-order valence-corrected chi connectivity index (χ4v) is 3.35. The number of hydrogen-bond donors (Lipinski definition) is 1. The van der Waals surface area contributed by atoms with Crippen LogP contribution in [0.15, 0.2) is 0 Å². The first-order valence-electron chi connectivity index (χ1n) is 7.31. The summed E-state index contributed by atoms with van der Waals surface area (Å²) in [6.45, 7) is 7.44. The van der Waals surface area contributed by atoms with Crippen LogP contribution in [0.4, 0.5) is 0 Å². The maximum Gasteiger partial charge on any atom is 0.0943 e. The van der Waals surface area contributed by atoms with Crippen LogP contribution in [0.3, 0.4) is 0 Å². The van der Waals surface area contributed by atoms with Gasteiger partial charge in [0.2, 0.25) is 0 Å². The van der Waals surface area contributed by atoms with Crippen LogP contribution in [-0.2, 0) is 4.74 Å². The molecular formula is C15H28O2. The van der Waals surface area contributed by atoms with Crippen molar-refractivity contribution in [3.05, 3.63) is 0 Å². The predicted molar refractivity (Wildman–Crippen MR) is 70.0 cm³/mol. The van der Waals surface area contributed by atoms with Gasteiger partial charge in [-0.05, 0) is 56.8 Å². The van der Waals surface area contributed by atoms with E-state index in [1.807, 2.05) is 0 Å². The van der Waals surface area contributed by atoms with Crippen molar-refractivity contribution in [3.63, 3.8) is 0 Å². The molecule has 2 rings (SSSR count). The van der Waals surface area contributed by atoms with E-state index in [-0.39, 0.29) is 11.7 Å². The van der Waals surface area contributed by atoms with E-state index < -0.39 is 0 Å². The fourth-order valence-electron chi connectivity index (χ4n) is 3.35. The van der Waals surface area contributed by atoms with Gasteiger partial charge < -0.3 is 9.84 Å². The molecule has 2 aliphatic rings. The lowest BCUT2D eigenvalue weighted by Gasteiger charge is -2.49. The molecule has 0 aliphatic heterocycles. The minimum atomic E-state index is -0.229. The number of aliphatic hydroxyl groups excluding tert-OH is 1. The summed E-state index contributed by atoms with van der Waals surface area (Å²) >= 11 is 0. The molecule has 2 saturated carbocycles. The van der Waals surface area contributed by atoms with E-state index in [2.05, 4.69) is 20.8 Å².